The molecule has 0 aliphatic carbocycles. The van der Waals surface area contributed by atoms with Crippen molar-refractivity contribution in [2.24, 2.45) is 0 Å². The van der Waals surface area contributed by atoms with Gasteiger partial charge in [0.2, 0.25) is 0 Å². The van der Waals surface area contributed by atoms with Gasteiger partial charge in [-0.3, -0.25) is 4.55 Å². The van der Waals surface area contributed by atoms with E-state index in [9.17, 15) is 8.42 Å². The lowest BCUT2D eigenvalue weighted by molar-refractivity contribution is 0.135. The Bertz CT molecular complexity index is 404. The van der Waals surface area contributed by atoms with Crippen LogP contribution >= 0.6 is 0 Å². The van der Waals surface area contributed by atoms with Crippen molar-refractivity contribution < 1.29 is 13.0 Å². The standard InChI is InChI=1S/C21H43N.CH4O3S/c1-3-5-7-8-9-10-11-12-13-15-19-22-20-16-14-18-21(22)17-6-4-2;1-5(2,3)4/h21H,3-20H2,1-2H3;1H3,(H,2,3,4). The summed E-state index contributed by atoms with van der Waals surface area (Å²) in [5.74, 6) is 0. The molecule has 0 saturated carbocycles. The molecule has 1 heterocycles. The van der Waals surface area contributed by atoms with Gasteiger partial charge in [0.05, 0.1) is 6.26 Å². The highest BCUT2D eigenvalue weighted by atomic mass is 32.2. The average molecular weight is 406 g/mol. The summed E-state index contributed by atoms with van der Waals surface area (Å²) in [6, 6.07) is 0.923. The van der Waals surface area contributed by atoms with Gasteiger partial charge in [0.15, 0.2) is 0 Å². The highest BCUT2D eigenvalue weighted by molar-refractivity contribution is 7.85. The maximum Gasteiger partial charge on any atom is 0.261 e. The quantitative estimate of drug-likeness (QED) is 0.266. The molecule has 27 heavy (non-hydrogen) atoms. The molecule has 1 unspecified atom stereocenters. The van der Waals surface area contributed by atoms with E-state index in [4.69, 9.17) is 4.55 Å². The van der Waals surface area contributed by atoms with Crippen LogP contribution in [0.5, 0.6) is 0 Å². The summed E-state index contributed by atoms with van der Waals surface area (Å²) >= 11 is 0. The Hall–Kier alpha value is -0.130. The maximum atomic E-state index is 9.19. The van der Waals surface area contributed by atoms with Crippen LogP contribution in [-0.4, -0.2) is 43.3 Å². The van der Waals surface area contributed by atoms with Crippen molar-refractivity contribution in [3.63, 3.8) is 0 Å². The number of hydrogen-bond acceptors (Lipinski definition) is 3. The number of unbranched alkanes of at least 4 members (excludes halogenated alkanes) is 10. The van der Waals surface area contributed by atoms with E-state index in [1.807, 2.05) is 0 Å². The first kappa shape index (κ1) is 26.9. The van der Waals surface area contributed by atoms with Crippen LogP contribution < -0.4 is 0 Å². The number of piperidine rings is 1. The molecule has 0 aromatic rings. The second kappa shape index (κ2) is 17.9. The fraction of sp³-hybridized carbons (Fsp3) is 1.00. The van der Waals surface area contributed by atoms with Crippen LogP contribution in [0, 0.1) is 0 Å². The summed E-state index contributed by atoms with van der Waals surface area (Å²) in [5, 5.41) is 0. The monoisotopic (exact) mass is 405 g/mol. The molecule has 1 fully saturated rings. The first-order chi connectivity index (χ1) is 12.9. The van der Waals surface area contributed by atoms with Gasteiger partial charge in [-0.1, -0.05) is 90.9 Å². The van der Waals surface area contributed by atoms with Crippen molar-refractivity contribution >= 4 is 10.1 Å². The largest absolute Gasteiger partial charge is 0.300 e. The molecule has 1 rings (SSSR count). The van der Waals surface area contributed by atoms with Gasteiger partial charge >= 0.3 is 0 Å². The van der Waals surface area contributed by atoms with Crippen molar-refractivity contribution in [3.8, 4) is 0 Å². The Morgan fingerprint density at radius 2 is 1.30 bits per heavy atom. The minimum Gasteiger partial charge on any atom is -0.300 e. The first-order valence-corrected chi connectivity index (χ1v) is 13.4. The van der Waals surface area contributed by atoms with E-state index in [1.165, 1.54) is 116 Å². The van der Waals surface area contributed by atoms with Crippen molar-refractivity contribution in [3.05, 3.63) is 0 Å². The Morgan fingerprint density at radius 3 is 1.81 bits per heavy atom. The Morgan fingerprint density at radius 1 is 0.815 bits per heavy atom. The van der Waals surface area contributed by atoms with Gasteiger partial charge in [0.1, 0.15) is 0 Å². The zero-order valence-electron chi connectivity index (χ0n) is 18.4. The summed E-state index contributed by atoms with van der Waals surface area (Å²) in [7, 11) is -3.67. The fourth-order valence-electron chi connectivity index (χ4n) is 3.92. The highest BCUT2D eigenvalue weighted by Crippen LogP contribution is 2.22. The molecule has 1 saturated heterocycles. The smallest absolute Gasteiger partial charge is 0.261 e. The number of hydrogen-bond donors (Lipinski definition) is 1. The molecule has 1 N–H and O–H groups in total. The molecule has 1 aliphatic heterocycles. The zero-order chi connectivity index (χ0) is 20.4. The van der Waals surface area contributed by atoms with Crippen molar-refractivity contribution in [1.29, 1.82) is 0 Å². The molecule has 0 radical (unpaired) electrons. The summed E-state index contributed by atoms with van der Waals surface area (Å²) in [6.45, 7) is 7.39. The molecule has 1 aliphatic rings. The van der Waals surface area contributed by atoms with E-state index < -0.39 is 10.1 Å². The topological polar surface area (TPSA) is 57.6 Å². The SMILES string of the molecule is CCCCCCCCCCCCN1CCCCC1CCCC.CS(=O)(=O)O. The molecule has 0 aromatic carbocycles. The van der Waals surface area contributed by atoms with Gasteiger partial charge in [-0.05, 0) is 38.8 Å². The fourth-order valence-corrected chi connectivity index (χ4v) is 3.92. The average Bonchev–Trinajstić information content (AvgIpc) is 2.61. The Balaban J connectivity index is 0.00000119. The maximum absolute atomic E-state index is 9.19. The molecule has 0 aromatic heterocycles. The van der Waals surface area contributed by atoms with Crippen LogP contribution in [0.25, 0.3) is 0 Å². The third-order valence-corrected chi connectivity index (χ3v) is 5.44. The van der Waals surface area contributed by atoms with Crippen molar-refractivity contribution in [2.45, 2.75) is 123 Å². The van der Waals surface area contributed by atoms with E-state index >= 15 is 0 Å². The molecule has 1 atom stereocenters. The molecular weight excluding hydrogens is 358 g/mol. The lowest BCUT2D eigenvalue weighted by Gasteiger charge is -2.36. The number of likely N-dealkylation sites (tertiary alicyclic amines) is 1. The third-order valence-electron chi connectivity index (χ3n) is 5.44. The molecule has 5 heteroatoms. The lowest BCUT2D eigenvalue weighted by atomic mass is 9.97. The molecule has 0 bridgehead atoms. The van der Waals surface area contributed by atoms with Gasteiger partial charge in [-0.2, -0.15) is 8.42 Å². The van der Waals surface area contributed by atoms with Gasteiger partial charge < -0.3 is 4.90 Å². The van der Waals surface area contributed by atoms with Gasteiger partial charge in [-0.25, -0.2) is 0 Å². The summed E-state index contributed by atoms with van der Waals surface area (Å²) in [5.41, 5.74) is 0. The normalized spacial score (nSPS) is 18.1. The Labute approximate surface area is 170 Å². The zero-order valence-corrected chi connectivity index (χ0v) is 19.2. The van der Waals surface area contributed by atoms with Crippen LogP contribution in [-0.2, 0) is 10.1 Å². The predicted molar refractivity (Wildman–Crippen MR) is 118 cm³/mol. The molecular formula is C22H47NO3S. The van der Waals surface area contributed by atoms with E-state index in [-0.39, 0.29) is 0 Å². The molecule has 164 valence electrons. The van der Waals surface area contributed by atoms with Gasteiger partial charge in [-0.15, -0.1) is 0 Å². The van der Waals surface area contributed by atoms with Crippen LogP contribution in [0.1, 0.15) is 117 Å². The van der Waals surface area contributed by atoms with E-state index in [0.29, 0.717) is 6.26 Å². The molecule has 0 amide bonds. The van der Waals surface area contributed by atoms with Gasteiger partial charge in [0, 0.05) is 6.04 Å². The highest BCUT2D eigenvalue weighted by Gasteiger charge is 2.20. The molecule has 4 nitrogen and oxygen atoms in total. The van der Waals surface area contributed by atoms with E-state index in [2.05, 4.69) is 18.7 Å². The minimum absolute atomic E-state index is 0.715. The predicted octanol–water partition coefficient (Wildman–Crippen LogP) is 6.46. The van der Waals surface area contributed by atoms with Gasteiger partial charge in [0.25, 0.3) is 10.1 Å². The second-order valence-corrected chi connectivity index (χ2v) is 9.71. The van der Waals surface area contributed by atoms with E-state index in [1.54, 1.807) is 0 Å². The first-order valence-electron chi connectivity index (χ1n) is 11.5. The van der Waals surface area contributed by atoms with Crippen molar-refractivity contribution in [1.82, 2.24) is 4.90 Å². The molecule has 0 spiro atoms. The minimum atomic E-state index is -3.67. The van der Waals surface area contributed by atoms with E-state index in [0.717, 1.165) is 6.04 Å². The van der Waals surface area contributed by atoms with Crippen LogP contribution in [0.15, 0.2) is 0 Å². The lowest BCUT2D eigenvalue weighted by Crippen LogP contribution is -2.40. The third kappa shape index (κ3) is 20.4. The summed E-state index contributed by atoms with van der Waals surface area (Å²) in [4.78, 5) is 2.82. The number of rotatable bonds is 14. The summed E-state index contributed by atoms with van der Waals surface area (Å²) < 4.78 is 25.9. The van der Waals surface area contributed by atoms with Crippen LogP contribution in [0.4, 0.5) is 0 Å². The van der Waals surface area contributed by atoms with Crippen LogP contribution in [0.3, 0.4) is 0 Å². The Kier molecular flexibility index (Phi) is 17.8. The second-order valence-electron chi connectivity index (χ2n) is 8.24. The summed E-state index contributed by atoms with van der Waals surface area (Å²) in [6.07, 6.45) is 23.9. The number of nitrogens with zero attached hydrogens (tertiary/aromatic N) is 1. The van der Waals surface area contributed by atoms with Crippen LogP contribution in [0.2, 0.25) is 0 Å². The van der Waals surface area contributed by atoms with Crippen molar-refractivity contribution in [2.75, 3.05) is 19.3 Å².